The lowest BCUT2D eigenvalue weighted by Crippen LogP contribution is -2.30. The second kappa shape index (κ2) is 86.0. The van der Waals surface area contributed by atoms with Crippen LogP contribution in [-0.4, -0.2) is 95.9 Å². The van der Waals surface area contributed by atoms with Gasteiger partial charge in [0.2, 0.25) is 0 Å². The summed E-state index contributed by atoms with van der Waals surface area (Å²) in [7, 11) is -9.82. The maximum Gasteiger partial charge on any atom is 0.472 e. The molecule has 0 heterocycles. The summed E-state index contributed by atoms with van der Waals surface area (Å²) < 4.78 is 61.4. The Morgan fingerprint density at radius 3 is 0.699 bits per heavy atom. The van der Waals surface area contributed by atoms with Gasteiger partial charge >= 0.3 is 33.6 Å². The van der Waals surface area contributed by atoms with Gasteiger partial charge in [-0.2, -0.15) is 0 Å². The molecule has 0 aliphatic heterocycles. The van der Waals surface area contributed by atoms with E-state index in [2.05, 4.69) is 203 Å². The second-order valence-electron chi connectivity index (χ2n) is 28.9. The summed E-state index contributed by atoms with van der Waals surface area (Å²) in [6.07, 6.45) is 112. The van der Waals surface area contributed by atoms with Gasteiger partial charge in [-0.05, 0) is 154 Å². The molecule has 0 aromatic carbocycles. The summed E-state index contributed by atoms with van der Waals surface area (Å²) in [4.78, 5) is 58.9. The van der Waals surface area contributed by atoms with E-state index in [1.807, 2.05) is 0 Å². The van der Waals surface area contributed by atoms with Gasteiger partial charge in [-0.1, -0.05) is 351 Å². The molecule has 4 N–H and O–H groups in total. The third kappa shape index (κ3) is 87.3. The van der Waals surface area contributed by atoms with Crippen molar-refractivity contribution in [1.82, 2.24) is 0 Å². The number of rotatable bonds is 82. The maximum atomic E-state index is 13.0. The predicted octanol–water partition coefficient (Wildman–Crippen LogP) is 26.9. The minimum atomic E-state index is -4.95. The molecule has 0 amide bonds. The standard InChI is InChI=1S/C95H158O16P2/c1-4-7-10-13-16-19-22-25-28-31-34-36-38-40-42-43-44-45-47-49-50-52-55-57-60-63-66-69-72-75-78-81-93(98)105-84-90(96)85-107-112(101,102)108-86-91(97)87-109-113(103,104)110-89-92(111-95(100)83-80-77-74-71-68-65-62-59-54-33-30-27-24-21-18-15-12-9-6-3)88-106-94(99)82-79-76-73-70-67-64-61-58-56-53-51-48-46-41-39-37-35-32-29-26-23-20-17-14-11-8-5-2/h7-12,16-21,25-30,34-37,40-42,46,51,53-54,59,90-92,96-97H,4-6,13-15,22-24,31-33,38-39,43-45,47-50,52,55-58,60-89H2,1-3H3,(H,101,102)(H,103,104)/b10-7-,11-8-,12-9-,19-16-,20-17-,21-18-,28-25-,29-26-,30-27-,36-34-,37-35-,42-40-,46-41-,53-51-,59-54-. The minimum absolute atomic E-state index is 0.0806. The first kappa shape index (κ1) is 108. The number of phosphoric acid groups is 2. The highest BCUT2D eigenvalue weighted by Gasteiger charge is 2.29. The summed E-state index contributed by atoms with van der Waals surface area (Å²) in [5, 5.41) is 20.7. The number of allylic oxidation sites excluding steroid dienone is 30. The van der Waals surface area contributed by atoms with Crippen LogP contribution in [-0.2, 0) is 55.8 Å². The van der Waals surface area contributed by atoms with Crippen molar-refractivity contribution in [2.24, 2.45) is 0 Å². The van der Waals surface area contributed by atoms with Crippen LogP contribution >= 0.6 is 15.6 Å². The third-order valence-electron chi connectivity index (χ3n) is 18.1. The molecule has 644 valence electrons. The Balaban J connectivity index is 4.59. The molecule has 18 heteroatoms. The number of aliphatic hydroxyl groups is 2. The Morgan fingerprint density at radius 2 is 0.442 bits per heavy atom. The predicted molar refractivity (Wildman–Crippen MR) is 472 cm³/mol. The first-order valence-electron chi connectivity index (χ1n) is 44.1. The van der Waals surface area contributed by atoms with Crippen LogP contribution in [0.3, 0.4) is 0 Å². The van der Waals surface area contributed by atoms with Gasteiger partial charge in [0.1, 0.15) is 25.4 Å². The van der Waals surface area contributed by atoms with E-state index in [1.165, 1.54) is 83.5 Å². The molecule has 5 atom stereocenters. The van der Waals surface area contributed by atoms with Crippen molar-refractivity contribution >= 4 is 33.6 Å². The molecule has 0 rings (SSSR count). The largest absolute Gasteiger partial charge is 0.472 e. The van der Waals surface area contributed by atoms with Crippen LogP contribution in [0.1, 0.15) is 342 Å². The average Bonchev–Trinajstić information content (AvgIpc) is 0.901. The molecule has 0 aliphatic carbocycles. The number of esters is 3. The summed E-state index contributed by atoms with van der Waals surface area (Å²) in [5.74, 6) is -1.60. The molecule has 0 radical (unpaired) electrons. The Kier molecular flexibility index (Phi) is 81.9. The normalized spacial score (nSPS) is 14.7. The van der Waals surface area contributed by atoms with Crippen molar-refractivity contribution in [3.63, 3.8) is 0 Å². The molecule has 0 saturated carbocycles. The summed E-state index contributed by atoms with van der Waals surface area (Å²) in [6.45, 7) is 2.33. The van der Waals surface area contributed by atoms with Crippen LogP contribution in [0.25, 0.3) is 0 Å². The van der Waals surface area contributed by atoms with Gasteiger partial charge in [-0.15, -0.1) is 0 Å². The van der Waals surface area contributed by atoms with Gasteiger partial charge < -0.3 is 34.2 Å². The van der Waals surface area contributed by atoms with Gasteiger partial charge in [0.15, 0.2) is 6.10 Å². The summed E-state index contributed by atoms with van der Waals surface area (Å²) in [6, 6.07) is 0. The fraction of sp³-hybridized carbons (Fsp3) is 0.653. The van der Waals surface area contributed by atoms with Crippen molar-refractivity contribution in [3.8, 4) is 0 Å². The van der Waals surface area contributed by atoms with E-state index in [0.29, 0.717) is 19.3 Å². The van der Waals surface area contributed by atoms with Crippen molar-refractivity contribution in [2.75, 3.05) is 39.6 Å². The van der Waals surface area contributed by atoms with Crippen LogP contribution in [0.15, 0.2) is 182 Å². The number of unbranched alkanes of at least 4 members (excludes halogenated alkanes) is 29. The van der Waals surface area contributed by atoms with Gasteiger partial charge in [-0.3, -0.25) is 32.5 Å². The molecule has 0 fully saturated rings. The molecule has 0 aromatic heterocycles. The zero-order chi connectivity index (χ0) is 82.2. The number of aliphatic hydroxyl groups excluding tert-OH is 2. The Labute approximate surface area is 687 Å². The fourth-order valence-electron chi connectivity index (χ4n) is 11.5. The monoisotopic (exact) mass is 1620 g/mol. The number of phosphoric ester groups is 2. The smallest absolute Gasteiger partial charge is 0.463 e. The van der Waals surface area contributed by atoms with E-state index in [0.717, 1.165) is 199 Å². The van der Waals surface area contributed by atoms with Crippen LogP contribution in [0, 0.1) is 0 Å². The second-order valence-corrected chi connectivity index (χ2v) is 31.8. The first-order valence-corrected chi connectivity index (χ1v) is 47.1. The van der Waals surface area contributed by atoms with Crippen molar-refractivity contribution < 1.29 is 75.8 Å². The van der Waals surface area contributed by atoms with Gasteiger partial charge in [0.25, 0.3) is 0 Å². The van der Waals surface area contributed by atoms with E-state index >= 15 is 0 Å². The number of carbonyl (C=O) groups is 3. The molecule has 5 unspecified atom stereocenters. The lowest BCUT2D eigenvalue weighted by molar-refractivity contribution is -0.161. The number of ether oxygens (including phenoxy) is 3. The SMILES string of the molecule is CC/C=C\C/C=C\C/C=C\C/C=C\C/C=C\C/C=C\CCCCCCCCCCC(=O)OCC(COP(=O)(O)OCC(O)COP(=O)(O)OCC(O)COC(=O)CCCCCCCCCCCCCCCCC/C=C\C/C=C\C/C=C\C/C=C\C/C=C\CC)OC(=O)CCCCCCCC/C=C\C/C=C\C/C=C\C/C=C\CC. The third-order valence-corrected chi connectivity index (χ3v) is 20.0. The lowest BCUT2D eigenvalue weighted by Gasteiger charge is -2.21. The number of hydrogen-bond acceptors (Lipinski definition) is 14. The highest BCUT2D eigenvalue weighted by molar-refractivity contribution is 7.47. The van der Waals surface area contributed by atoms with E-state index in [1.54, 1.807) is 0 Å². The quantitative estimate of drug-likeness (QED) is 0.0146. The van der Waals surface area contributed by atoms with Crippen molar-refractivity contribution in [1.29, 1.82) is 0 Å². The molecule has 0 spiro atoms. The van der Waals surface area contributed by atoms with E-state index in [4.69, 9.17) is 32.3 Å². The lowest BCUT2D eigenvalue weighted by atomic mass is 10.0. The van der Waals surface area contributed by atoms with Crippen LogP contribution < -0.4 is 0 Å². The molecular weight excluding hydrogens is 1460 g/mol. The van der Waals surface area contributed by atoms with E-state index in [9.17, 15) is 43.5 Å². The summed E-state index contributed by atoms with van der Waals surface area (Å²) >= 11 is 0. The minimum Gasteiger partial charge on any atom is -0.463 e. The van der Waals surface area contributed by atoms with Crippen LogP contribution in [0.4, 0.5) is 0 Å². The molecule has 0 aromatic rings. The first-order chi connectivity index (χ1) is 55.2. The molecular formula is C95H158O16P2. The Hall–Kier alpha value is -5.35. The van der Waals surface area contributed by atoms with Crippen molar-refractivity contribution in [3.05, 3.63) is 182 Å². The zero-order valence-electron chi connectivity index (χ0n) is 70.7. The average molecular weight is 1620 g/mol. The maximum absolute atomic E-state index is 13.0. The topological polar surface area (TPSA) is 231 Å². The van der Waals surface area contributed by atoms with Gasteiger partial charge in [0, 0.05) is 19.3 Å². The molecule has 0 saturated heterocycles. The summed E-state index contributed by atoms with van der Waals surface area (Å²) in [5.41, 5.74) is 0. The Morgan fingerprint density at radius 1 is 0.248 bits per heavy atom. The van der Waals surface area contributed by atoms with Crippen molar-refractivity contribution in [2.45, 2.75) is 360 Å². The highest BCUT2D eigenvalue weighted by atomic mass is 31.2. The van der Waals surface area contributed by atoms with Gasteiger partial charge in [0.05, 0.1) is 26.4 Å². The van der Waals surface area contributed by atoms with Gasteiger partial charge in [-0.25, -0.2) is 9.13 Å². The zero-order valence-corrected chi connectivity index (χ0v) is 72.5. The number of carbonyl (C=O) groups excluding carboxylic acids is 3. The fourth-order valence-corrected chi connectivity index (χ4v) is 13.1. The highest BCUT2D eigenvalue weighted by Crippen LogP contribution is 2.45. The molecule has 16 nitrogen and oxygen atoms in total. The molecule has 113 heavy (non-hydrogen) atoms. The van der Waals surface area contributed by atoms with Crippen LogP contribution in [0.2, 0.25) is 0 Å². The number of hydrogen-bond donors (Lipinski definition) is 4. The van der Waals surface area contributed by atoms with E-state index in [-0.39, 0.29) is 19.3 Å². The molecule has 0 aliphatic rings. The van der Waals surface area contributed by atoms with E-state index < -0.39 is 91.5 Å². The Bertz CT molecular complexity index is 2780. The molecule has 0 bridgehead atoms. The van der Waals surface area contributed by atoms with Crippen LogP contribution in [0.5, 0.6) is 0 Å².